The van der Waals surface area contributed by atoms with E-state index in [-0.39, 0.29) is 23.0 Å². The highest BCUT2D eigenvalue weighted by atomic mass is 32.2. The van der Waals surface area contributed by atoms with Gasteiger partial charge in [0.25, 0.3) is 5.56 Å². The van der Waals surface area contributed by atoms with Crippen LogP contribution in [0.2, 0.25) is 0 Å². The first-order valence-corrected chi connectivity index (χ1v) is 12.4. The van der Waals surface area contributed by atoms with E-state index in [1.807, 2.05) is 24.3 Å². The number of aryl methyl sites for hydroxylation is 1. The molecule has 0 atom stereocenters. The second-order valence-corrected chi connectivity index (χ2v) is 9.71. The van der Waals surface area contributed by atoms with E-state index in [2.05, 4.69) is 9.72 Å². The SMILES string of the molecule is O=C(CSc1nc2c(c(=O)n1-c1ccc(OC(F)(F)F)cc1)SCC2)N1CCc2ccccc21. The number of fused-ring (bicyclic) bond motifs is 2. The second kappa shape index (κ2) is 9.03. The molecule has 0 spiro atoms. The van der Waals surface area contributed by atoms with Gasteiger partial charge in [0.2, 0.25) is 5.91 Å². The maximum Gasteiger partial charge on any atom is 0.573 e. The summed E-state index contributed by atoms with van der Waals surface area (Å²) in [6.45, 7) is 0.598. The number of halogens is 3. The van der Waals surface area contributed by atoms with Gasteiger partial charge in [-0.1, -0.05) is 30.0 Å². The van der Waals surface area contributed by atoms with Crippen molar-refractivity contribution in [3.8, 4) is 11.4 Å². The van der Waals surface area contributed by atoms with Gasteiger partial charge in [0.05, 0.1) is 22.0 Å². The molecule has 3 aromatic rings. The Morgan fingerprint density at radius 3 is 2.65 bits per heavy atom. The largest absolute Gasteiger partial charge is 0.573 e. The van der Waals surface area contributed by atoms with Gasteiger partial charge in [-0.05, 0) is 42.3 Å². The summed E-state index contributed by atoms with van der Waals surface area (Å²) >= 11 is 2.55. The Balaban J connectivity index is 1.43. The van der Waals surface area contributed by atoms with Crippen LogP contribution in [0, 0.1) is 0 Å². The minimum absolute atomic E-state index is 0.0714. The standard InChI is InChI=1S/C23H18F3N3O3S2/c24-23(25,26)32-16-7-5-15(6-8-16)29-21(31)20-17(10-12-33-20)27-22(29)34-13-19(30)28-11-9-14-3-1-2-4-18(14)28/h1-8H,9-13H2. The van der Waals surface area contributed by atoms with Crippen molar-refractivity contribution in [3.05, 3.63) is 70.1 Å². The van der Waals surface area contributed by atoms with E-state index in [0.717, 1.165) is 47.3 Å². The maximum atomic E-state index is 13.2. The normalized spacial score (nSPS) is 14.7. The summed E-state index contributed by atoms with van der Waals surface area (Å²) < 4.78 is 42.8. The zero-order valence-corrected chi connectivity index (χ0v) is 19.3. The first kappa shape index (κ1) is 22.9. The Labute approximate surface area is 201 Å². The fourth-order valence-corrected chi connectivity index (χ4v) is 5.94. The topological polar surface area (TPSA) is 64.4 Å². The second-order valence-electron chi connectivity index (χ2n) is 7.66. The third-order valence-corrected chi connectivity index (χ3v) is 7.54. The lowest BCUT2D eigenvalue weighted by atomic mass is 10.2. The van der Waals surface area contributed by atoms with Crippen molar-refractivity contribution >= 4 is 35.1 Å². The highest BCUT2D eigenvalue weighted by Gasteiger charge is 2.31. The third-order valence-electron chi connectivity index (χ3n) is 5.51. The number of thioether (sulfide) groups is 2. The number of nitrogens with zero attached hydrogens (tertiary/aromatic N) is 3. The van der Waals surface area contributed by atoms with Crippen molar-refractivity contribution < 1.29 is 22.7 Å². The number of alkyl halides is 3. The monoisotopic (exact) mass is 505 g/mol. The fourth-order valence-electron chi connectivity index (χ4n) is 4.02. The lowest BCUT2D eigenvalue weighted by molar-refractivity contribution is -0.274. The first-order valence-electron chi connectivity index (χ1n) is 10.5. The fraction of sp³-hybridized carbons (Fsp3) is 0.261. The molecule has 6 nitrogen and oxygen atoms in total. The molecule has 0 unspecified atom stereocenters. The Morgan fingerprint density at radius 1 is 1.12 bits per heavy atom. The molecule has 0 saturated heterocycles. The van der Waals surface area contributed by atoms with Crippen LogP contribution in [0.1, 0.15) is 11.3 Å². The summed E-state index contributed by atoms with van der Waals surface area (Å²) in [4.78, 5) is 33.1. The number of aromatic nitrogens is 2. The Hall–Kier alpha value is -2.92. The van der Waals surface area contributed by atoms with E-state index < -0.39 is 6.36 Å². The van der Waals surface area contributed by atoms with Crippen LogP contribution in [0.3, 0.4) is 0 Å². The molecule has 1 amide bonds. The zero-order valence-electron chi connectivity index (χ0n) is 17.7. The average Bonchev–Trinajstić information content (AvgIpc) is 3.44. The quantitative estimate of drug-likeness (QED) is 0.377. The Kier molecular flexibility index (Phi) is 6.07. The van der Waals surface area contributed by atoms with Crippen molar-refractivity contribution in [2.75, 3.05) is 23.0 Å². The molecule has 176 valence electrons. The van der Waals surface area contributed by atoms with Crippen molar-refractivity contribution in [3.63, 3.8) is 0 Å². The van der Waals surface area contributed by atoms with Crippen LogP contribution in [0.5, 0.6) is 5.75 Å². The first-order chi connectivity index (χ1) is 16.3. The van der Waals surface area contributed by atoms with Gasteiger partial charge in [-0.15, -0.1) is 24.9 Å². The van der Waals surface area contributed by atoms with Crippen molar-refractivity contribution in [1.82, 2.24) is 9.55 Å². The Bertz CT molecular complexity index is 1310. The number of hydrogen-bond donors (Lipinski definition) is 0. The molecule has 34 heavy (non-hydrogen) atoms. The van der Waals surface area contributed by atoms with Crippen LogP contribution in [-0.4, -0.2) is 39.9 Å². The van der Waals surface area contributed by atoms with Crippen LogP contribution in [-0.2, 0) is 17.6 Å². The van der Waals surface area contributed by atoms with Gasteiger partial charge in [0.1, 0.15) is 5.75 Å². The molecule has 0 aliphatic carbocycles. The highest BCUT2D eigenvalue weighted by Crippen LogP contribution is 2.32. The number of anilines is 1. The van der Waals surface area contributed by atoms with E-state index in [4.69, 9.17) is 0 Å². The summed E-state index contributed by atoms with van der Waals surface area (Å²) in [7, 11) is 0. The van der Waals surface area contributed by atoms with Crippen LogP contribution in [0.4, 0.5) is 18.9 Å². The van der Waals surface area contributed by atoms with Gasteiger partial charge in [0.15, 0.2) is 5.16 Å². The molecule has 11 heteroatoms. The predicted octanol–water partition coefficient (Wildman–Crippen LogP) is 4.46. The Morgan fingerprint density at radius 2 is 1.88 bits per heavy atom. The lowest BCUT2D eigenvalue weighted by Crippen LogP contribution is -2.31. The number of amides is 1. The lowest BCUT2D eigenvalue weighted by Gasteiger charge is -2.18. The van der Waals surface area contributed by atoms with Gasteiger partial charge in [-0.2, -0.15) is 0 Å². The molecule has 2 aromatic carbocycles. The summed E-state index contributed by atoms with van der Waals surface area (Å²) in [6, 6.07) is 12.8. The number of para-hydroxylation sites is 1. The number of carbonyl (C=O) groups excluding carboxylic acids is 1. The predicted molar refractivity (Wildman–Crippen MR) is 124 cm³/mol. The van der Waals surface area contributed by atoms with Crippen molar-refractivity contribution in [1.29, 1.82) is 0 Å². The summed E-state index contributed by atoms with van der Waals surface area (Å²) in [6.07, 6.45) is -3.37. The molecule has 2 aliphatic heterocycles. The van der Waals surface area contributed by atoms with Gasteiger partial charge < -0.3 is 9.64 Å². The molecule has 5 rings (SSSR count). The minimum Gasteiger partial charge on any atom is -0.406 e. The van der Waals surface area contributed by atoms with Crippen LogP contribution < -0.4 is 15.2 Å². The molecule has 3 heterocycles. The molecule has 2 aliphatic rings. The molecular formula is C23H18F3N3O3S2. The van der Waals surface area contributed by atoms with Gasteiger partial charge in [-0.3, -0.25) is 14.2 Å². The summed E-state index contributed by atoms with van der Waals surface area (Å²) in [5.74, 6) is 0.319. The van der Waals surface area contributed by atoms with Gasteiger partial charge in [-0.25, -0.2) is 4.98 Å². The minimum atomic E-state index is -4.81. The van der Waals surface area contributed by atoms with Crippen LogP contribution in [0.25, 0.3) is 5.69 Å². The third kappa shape index (κ3) is 4.54. The van der Waals surface area contributed by atoms with Crippen LogP contribution >= 0.6 is 23.5 Å². The van der Waals surface area contributed by atoms with Crippen LogP contribution in [0.15, 0.2) is 63.4 Å². The maximum absolute atomic E-state index is 13.2. The number of rotatable bonds is 5. The van der Waals surface area contributed by atoms with E-state index in [0.29, 0.717) is 34.4 Å². The molecule has 1 aromatic heterocycles. The number of hydrogen-bond acceptors (Lipinski definition) is 6. The van der Waals surface area contributed by atoms with Crippen molar-refractivity contribution in [2.24, 2.45) is 0 Å². The smallest absolute Gasteiger partial charge is 0.406 e. The van der Waals surface area contributed by atoms with E-state index in [1.165, 1.54) is 28.5 Å². The van der Waals surface area contributed by atoms with E-state index in [1.54, 1.807) is 4.90 Å². The summed E-state index contributed by atoms with van der Waals surface area (Å²) in [5.41, 5.74) is 2.75. The molecule has 0 radical (unpaired) electrons. The number of benzene rings is 2. The van der Waals surface area contributed by atoms with Crippen molar-refractivity contribution in [2.45, 2.75) is 29.3 Å². The molecule has 0 N–H and O–H groups in total. The van der Waals surface area contributed by atoms with Gasteiger partial charge >= 0.3 is 6.36 Å². The zero-order chi connectivity index (χ0) is 23.9. The summed E-state index contributed by atoms with van der Waals surface area (Å²) in [5, 5.41) is 0.330. The number of ether oxygens (including phenoxy) is 1. The average molecular weight is 506 g/mol. The van der Waals surface area contributed by atoms with E-state index in [9.17, 15) is 22.8 Å². The highest BCUT2D eigenvalue weighted by molar-refractivity contribution is 8.00. The molecule has 0 bridgehead atoms. The molecule has 0 fully saturated rings. The number of carbonyl (C=O) groups is 1. The molecular weight excluding hydrogens is 487 g/mol. The van der Waals surface area contributed by atoms with Gasteiger partial charge in [0, 0.05) is 24.4 Å². The van der Waals surface area contributed by atoms with E-state index >= 15 is 0 Å². The molecule has 0 saturated carbocycles.